The smallest absolute Gasteiger partial charge is 0.127 e. The zero-order valence-electron chi connectivity index (χ0n) is 13.8. The van der Waals surface area contributed by atoms with Crippen molar-refractivity contribution in [2.24, 2.45) is 0 Å². The highest BCUT2D eigenvalue weighted by molar-refractivity contribution is 7.85. The quantitative estimate of drug-likeness (QED) is 0.809. The van der Waals surface area contributed by atoms with Gasteiger partial charge in [-0.2, -0.15) is 0 Å². The van der Waals surface area contributed by atoms with E-state index in [9.17, 15) is 4.21 Å². The second-order valence-corrected chi connectivity index (χ2v) is 9.03. The van der Waals surface area contributed by atoms with Crippen LogP contribution in [0.3, 0.4) is 0 Å². The predicted molar refractivity (Wildman–Crippen MR) is 96.1 cm³/mol. The van der Waals surface area contributed by atoms with Crippen molar-refractivity contribution in [3.05, 3.63) is 30.2 Å². The molecule has 1 atom stereocenters. The fourth-order valence-corrected chi connectivity index (χ4v) is 3.46. The molecule has 0 aliphatic heterocycles. The molecule has 2 heterocycles. The van der Waals surface area contributed by atoms with Gasteiger partial charge >= 0.3 is 0 Å². The second-order valence-electron chi connectivity index (χ2n) is 6.04. The minimum absolute atomic E-state index is 0.168. The average molecular weight is 338 g/mol. The highest BCUT2D eigenvalue weighted by atomic mass is 32.2. The number of hydrogen-bond acceptors (Lipinski definition) is 5. The number of aryl methyl sites for hydroxylation is 1. The minimum Gasteiger partial charge on any atom is -0.365 e. The number of hydrogen-bond donors (Lipinski definition) is 0. The molecular weight excluding hydrogens is 314 g/mol. The van der Waals surface area contributed by atoms with Gasteiger partial charge in [0.2, 0.25) is 0 Å². The van der Waals surface area contributed by atoms with Crippen molar-refractivity contribution < 1.29 is 4.21 Å². The van der Waals surface area contributed by atoms with E-state index >= 15 is 0 Å². The van der Waals surface area contributed by atoms with E-state index in [0.717, 1.165) is 34.2 Å². The van der Waals surface area contributed by atoms with Crippen molar-refractivity contribution in [2.75, 3.05) is 24.7 Å². The fourth-order valence-electron chi connectivity index (χ4n) is 2.04. The molecule has 2 aromatic heterocycles. The molecule has 22 heavy (non-hydrogen) atoms. The number of rotatable bonds is 6. The first kappa shape index (κ1) is 17.1. The van der Waals surface area contributed by atoms with Crippen molar-refractivity contribution in [2.45, 2.75) is 31.9 Å². The third kappa shape index (κ3) is 3.93. The van der Waals surface area contributed by atoms with Crippen molar-refractivity contribution in [1.29, 1.82) is 0 Å². The molecule has 0 radical (unpaired) electrons. The lowest BCUT2D eigenvalue weighted by Crippen LogP contribution is -2.31. The van der Waals surface area contributed by atoms with Crippen LogP contribution in [0.5, 0.6) is 0 Å². The molecule has 0 spiro atoms. The molecule has 0 aliphatic carbocycles. The van der Waals surface area contributed by atoms with E-state index in [-0.39, 0.29) is 4.75 Å². The topological polar surface area (TPSA) is 46.1 Å². The summed E-state index contributed by atoms with van der Waals surface area (Å²) in [4.78, 5) is 11.0. The molecular formula is C16H23N3OS2. The standard InChI is InChI=1S/C16H23N3OS2/c1-12-15(19(4)10-8-16(2,3)22(5)20)21-14(18-12)13-7-6-9-17-11-13/h6-7,9,11H,8,10H2,1-5H3. The molecule has 120 valence electrons. The van der Waals surface area contributed by atoms with Gasteiger partial charge in [0.25, 0.3) is 0 Å². The van der Waals surface area contributed by atoms with E-state index in [1.165, 1.54) is 0 Å². The SMILES string of the molecule is Cc1nc(-c2cccnc2)sc1N(C)CCC(C)(C)S(C)=O. The Kier molecular flexibility index (Phi) is 5.34. The lowest BCUT2D eigenvalue weighted by molar-refractivity contribution is 0.593. The van der Waals surface area contributed by atoms with E-state index < -0.39 is 10.8 Å². The van der Waals surface area contributed by atoms with E-state index in [0.29, 0.717) is 0 Å². The number of anilines is 1. The summed E-state index contributed by atoms with van der Waals surface area (Å²) in [5, 5.41) is 2.15. The highest BCUT2D eigenvalue weighted by Gasteiger charge is 2.23. The molecule has 0 aliphatic rings. The first-order valence-corrected chi connectivity index (χ1v) is 9.61. The van der Waals surface area contributed by atoms with Gasteiger partial charge in [-0.05, 0) is 39.3 Å². The van der Waals surface area contributed by atoms with E-state index in [1.807, 2.05) is 25.3 Å². The molecule has 0 fully saturated rings. The van der Waals surface area contributed by atoms with Gasteiger partial charge in [0, 0.05) is 53.4 Å². The summed E-state index contributed by atoms with van der Waals surface area (Å²) in [6.07, 6.45) is 6.26. The molecule has 0 saturated heterocycles. The average Bonchev–Trinajstić information content (AvgIpc) is 2.88. The molecule has 2 aromatic rings. The zero-order valence-corrected chi connectivity index (χ0v) is 15.4. The van der Waals surface area contributed by atoms with Crippen molar-refractivity contribution in [3.63, 3.8) is 0 Å². The van der Waals surface area contributed by atoms with Crippen LogP contribution >= 0.6 is 11.3 Å². The molecule has 1 unspecified atom stereocenters. The van der Waals surface area contributed by atoms with E-state index in [1.54, 1.807) is 23.8 Å². The second kappa shape index (κ2) is 6.87. The van der Waals surface area contributed by atoms with E-state index in [2.05, 4.69) is 35.8 Å². The van der Waals surface area contributed by atoms with Crippen molar-refractivity contribution in [1.82, 2.24) is 9.97 Å². The number of nitrogens with zero attached hydrogens (tertiary/aromatic N) is 3. The Hall–Kier alpha value is -1.27. The Morgan fingerprint density at radius 3 is 2.73 bits per heavy atom. The van der Waals surface area contributed by atoms with Gasteiger partial charge in [0.1, 0.15) is 10.0 Å². The monoisotopic (exact) mass is 337 g/mol. The van der Waals surface area contributed by atoms with Crippen molar-refractivity contribution in [3.8, 4) is 10.6 Å². The summed E-state index contributed by atoms with van der Waals surface area (Å²) >= 11 is 1.68. The first-order valence-electron chi connectivity index (χ1n) is 7.24. The predicted octanol–water partition coefficient (Wildman–Crippen LogP) is 3.50. The van der Waals surface area contributed by atoms with Crippen molar-refractivity contribution >= 4 is 27.1 Å². The Morgan fingerprint density at radius 1 is 1.41 bits per heavy atom. The summed E-state index contributed by atoms with van der Waals surface area (Å²) in [6.45, 7) is 7.00. The summed E-state index contributed by atoms with van der Waals surface area (Å²) < 4.78 is 11.6. The van der Waals surface area contributed by atoms with Gasteiger partial charge in [-0.1, -0.05) is 11.3 Å². The molecule has 0 amide bonds. The fraction of sp³-hybridized carbons (Fsp3) is 0.500. The van der Waals surface area contributed by atoms with Gasteiger partial charge in [-0.3, -0.25) is 9.19 Å². The summed E-state index contributed by atoms with van der Waals surface area (Å²) in [5.41, 5.74) is 2.08. The minimum atomic E-state index is -0.826. The molecule has 0 aromatic carbocycles. The third-order valence-electron chi connectivity index (χ3n) is 3.85. The maximum Gasteiger partial charge on any atom is 0.127 e. The third-order valence-corrected chi connectivity index (χ3v) is 6.94. The van der Waals surface area contributed by atoms with Crippen LogP contribution in [0.4, 0.5) is 5.00 Å². The molecule has 2 rings (SSSR count). The number of thiazole rings is 1. The van der Waals surface area contributed by atoms with Gasteiger partial charge in [-0.25, -0.2) is 4.98 Å². The first-order chi connectivity index (χ1) is 10.3. The maximum absolute atomic E-state index is 11.7. The van der Waals surface area contributed by atoms with Crippen LogP contribution in [0.2, 0.25) is 0 Å². The molecule has 0 N–H and O–H groups in total. The normalized spacial score (nSPS) is 13.1. The zero-order chi connectivity index (χ0) is 16.3. The number of aromatic nitrogens is 2. The Bertz CT molecular complexity index is 653. The highest BCUT2D eigenvalue weighted by Crippen LogP contribution is 2.34. The van der Waals surface area contributed by atoms with E-state index in [4.69, 9.17) is 0 Å². The maximum atomic E-state index is 11.7. The largest absolute Gasteiger partial charge is 0.365 e. The van der Waals surface area contributed by atoms with Gasteiger partial charge in [0.05, 0.1) is 5.69 Å². The van der Waals surface area contributed by atoms with Gasteiger partial charge in [0.15, 0.2) is 0 Å². The molecule has 0 bridgehead atoms. The van der Waals surface area contributed by atoms with Crippen LogP contribution < -0.4 is 4.90 Å². The summed E-state index contributed by atoms with van der Waals surface area (Å²) in [7, 11) is 1.25. The Labute approximate surface area is 139 Å². The van der Waals surface area contributed by atoms with Crippen LogP contribution in [0, 0.1) is 6.92 Å². The molecule has 4 nitrogen and oxygen atoms in total. The van der Waals surface area contributed by atoms with Crippen LogP contribution in [0.25, 0.3) is 10.6 Å². The number of pyridine rings is 1. The van der Waals surface area contributed by atoms with Crippen LogP contribution in [-0.4, -0.2) is 38.8 Å². The lowest BCUT2D eigenvalue weighted by atomic mass is 10.1. The summed E-state index contributed by atoms with van der Waals surface area (Å²) in [6, 6.07) is 3.95. The molecule has 6 heteroatoms. The van der Waals surface area contributed by atoms with Crippen LogP contribution in [0.15, 0.2) is 24.5 Å². The Morgan fingerprint density at radius 2 is 2.14 bits per heavy atom. The van der Waals surface area contributed by atoms with Crippen LogP contribution in [-0.2, 0) is 10.8 Å². The van der Waals surface area contributed by atoms with Gasteiger partial charge < -0.3 is 4.90 Å². The molecule has 0 saturated carbocycles. The summed E-state index contributed by atoms with van der Waals surface area (Å²) in [5.74, 6) is 0. The lowest BCUT2D eigenvalue weighted by Gasteiger charge is -2.26. The van der Waals surface area contributed by atoms with Crippen LogP contribution in [0.1, 0.15) is 26.0 Å². The Balaban J connectivity index is 2.13. The van der Waals surface area contributed by atoms with Gasteiger partial charge in [-0.15, -0.1) is 0 Å².